The fourth-order valence-corrected chi connectivity index (χ4v) is 14.7. The summed E-state index contributed by atoms with van der Waals surface area (Å²) in [5, 5.41) is 75.4. The number of hydrogen-bond donors (Lipinski definition) is 7. The number of aromatic nitrogens is 3. The number of ether oxygens (including phenoxy) is 6. The van der Waals surface area contributed by atoms with E-state index >= 15 is 0 Å². The number of carbonyl (C=O) groups is 5. The van der Waals surface area contributed by atoms with Crippen LogP contribution in [0.15, 0.2) is 0 Å². The maximum atomic E-state index is 14.5. The van der Waals surface area contributed by atoms with E-state index in [-0.39, 0.29) is 70.5 Å². The Kier molecular flexibility index (Phi) is 29.4. The third-order valence-electron chi connectivity index (χ3n) is 14.0. The van der Waals surface area contributed by atoms with Crippen LogP contribution in [0.4, 0.5) is 0 Å². The van der Waals surface area contributed by atoms with Crippen LogP contribution in [0.5, 0.6) is 0 Å². The summed E-state index contributed by atoms with van der Waals surface area (Å²) >= 11 is 8.08. The van der Waals surface area contributed by atoms with Crippen LogP contribution in [-0.4, -0.2) is 192 Å². The molecule has 27 heteroatoms. The number of hydrogen-bond acceptors (Lipinski definition) is 24. The number of thioether (sulfide) groups is 2. The number of nitriles is 1. The molecule has 1 aromatic rings. The van der Waals surface area contributed by atoms with Crippen molar-refractivity contribution in [2.45, 2.75) is 160 Å². The van der Waals surface area contributed by atoms with E-state index in [1.165, 1.54) is 18.7 Å². The Morgan fingerprint density at radius 2 is 1.58 bits per heavy atom. The van der Waals surface area contributed by atoms with Gasteiger partial charge in [-0.2, -0.15) is 5.26 Å². The third-order valence-corrected chi connectivity index (χ3v) is 19.0. The second-order valence-electron chi connectivity index (χ2n) is 20.6. The van der Waals surface area contributed by atoms with Crippen LogP contribution in [0, 0.1) is 39.9 Å². The predicted octanol–water partition coefficient (Wildman–Crippen LogP) is 3.29. The first kappa shape index (κ1) is 67.7. The maximum absolute atomic E-state index is 14.5. The molecule has 2 fully saturated rings. The average Bonchev–Trinajstić information content (AvgIpc) is 3.96. The minimum atomic E-state index is -1.67. The van der Waals surface area contributed by atoms with Gasteiger partial charge in [-0.3, -0.25) is 24.0 Å². The van der Waals surface area contributed by atoms with Crippen molar-refractivity contribution in [3.8, 4) is 6.07 Å². The predicted molar refractivity (Wildman–Crippen MR) is 300 cm³/mol. The number of thiocarbonyl (C=S) groups is 1. The number of aliphatic hydroxyl groups is 5. The van der Waals surface area contributed by atoms with Gasteiger partial charge >= 0.3 is 17.9 Å². The van der Waals surface area contributed by atoms with Crippen LogP contribution in [0.3, 0.4) is 0 Å². The lowest BCUT2D eigenvalue weighted by molar-refractivity contribution is -0.300. The Bertz CT molecular complexity index is 2140. The molecule has 1 aliphatic heterocycles. The standard InChI is InChI=1S/C51H82N6O16S5/c1-7-39(60)70-23-25-77-76-24-22-68-19-9-10-40(61)72-28-35-33-11-13-36-37(14-12-34(33)35)57(56-55-36)18-21-69-41(62)15-16-49(4,31-52)29-50(5,30-51(6,78-48(74)75-8-2)47(67)54-26-32(3)59)46(66)53-17-20-71-45-44(65)43(64)42(63)38(27-58)73-45/h32-35,38,42-45,58-59,63-65H,7-30H2,1-6H3,(H,53,66)(H,54,67). The van der Waals surface area contributed by atoms with Gasteiger partial charge in [0.1, 0.15) is 41.2 Å². The Labute approximate surface area is 479 Å². The molecule has 0 spiro atoms. The van der Waals surface area contributed by atoms with Crippen molar-refractivity contribution in [1.29, 1.82) is 5.26 Å². The largest absolute Gasteiger partial charge is 0.465 e. The molecule has 1 saturated carbocycles. The van der Waals surface area contributed by atoms with Crippen molar-refractivity contribution < 1.29 is 77.9 Å². The molecule has 78 heavy (non-hydrogen) atoms. The van der Waals surface area contributed by atoms with Crippen LogP contribution in [0.1, 0.15) is 111 Å². The van der Waals surface area contributed by atoms with Crippen LogP contribution in [0.25, 0.3) is 0 Å². The molecule has 12 atom stereocenters. The van der Waals surface area contributed by atoms with Gasteiger partial charge in [0, 0.05) is 55.9 Å². The molecule has 0 bridgehead atoms. The van der Waals surface area contributed by atoms with Gasteiger partial charge in [0.05, 0.1) is 66.7 Å². The molecular formula is C51H82N6O16S5. The number of rotatable bonds is 35. The van der Waals surface area contributed by atoms with Crippen molar-refractivity contribution >= 4 is 90.6 Å². The normalized spacial score (nSPS) is 24.4. The summed E-state index contributed by atoms with van der Waals surface area (Å²) in [5.41, 5.74) is -0.901. The topological polar surface area (TPSA) is 320 Å². The summed E-state index contributed by atoms with van der Waals surface area (Å²) in [6, 6.07) is 2.31. The lowest BCUT2D eigenvalue weighted by atomic mass is 9.67. The molecule has 22 nitrogen and oxygen atoms in total. The quantitative estimate of drug-likeness (QED) is 0.0169. The summed E-state index contributed by atoms with van der Waals surface area (Å²) in [6.45, 7) is 11.1. The highest BCUT2D eigenvalue weighted by molar-refractivity contribution is 8.76. The molecule has 3 aliphatic rings. The molecule has 2 aliphatic carbocycles. The van der Waals surface area contributed by atoms with E-state index in [4.69, 9.17) is 40.6 Å². The van der Waals surface area contributed by atoms with Crippen LogP contribution >= 0.6 is 57.3 Å². The van der Waals surface area contributed by atoms with Crippen LogP contribution in [0.2, 0.25) is 0 Å². The van der Waals surface area contributed by atoms with Crippen molar-refractivity contribution in [1.82, 2.24) is 25.6 Å². The van der Waals surface area contributed by atoms with Crippen molar-refractivity contribution in [2.75, 3.05) is 76.6 Å². The number of fused-ring (bicyclic) bond motifs is 2. The minimum absolute atomic E-state index is 0.00155. The number of nitrogens with zero attached hydrogens (tertiary/aromatic N) is 4. The first-order valence-electron chi connectivity index (χ1n) is 26.8. The number of esters is 3. The van der Waals surface area contributed by atoms with E-state index in [0.717, 1.165) is 60.3 Å². The highest BCUT2D eigenvalue weighted by Crippen LogP contribution is 2.53. The minimum Gasteiger partial charge on any atom is -0.465 e. The molecule has 2 heterocycles. The van der Waals surface area contributed by atoms with E-state index in [1.54, 1.807) is 54.0 Å². The second-order valence-corrected chi connectivity index (χ2v) is 27.3. The summed E-state index contributed by atoms with van der Waals surface area (Å²) in [5.74, 6) is 1.26. The molecule has 442 valence electrons. The smallest absolute Gasteiger partial charge is 0.305 e. The molecule has 0 radical (unpaired) electrons. The first-order valence-corrected chi connectivity index (χ1v) is 31.5. The number of aliphatic hydroxyl groups excluding tert-OH is 5. The average molecular weight is 1200 g/mol. The van der Waals surface area contributed by atoms with Gasteiger partial charge in [-0.25, -0.2) is 4.68 Å². The molecule has 7 N–H and O–H groups in total. The fraction of sp³-hybridized carbons (Fsp3) is 0.824. The van der Waals surface area contributed by atoms with Crippen molar-refractivity contribution in [2.24, 2.45) is 28.6 Å². The highest BCUT2D eigenvalue weighted by atomic mass is 33.1. The molecule has 4 rings (SSSR count). The Hall–Kier alpha value is -2.85. The monoisotopic (exact) mass is 1190 g/mol. The van der Waals surface area contributed by atoms with Crippen molar-refractivity contribution in [3.63, 3.8) is 0 Å². The van der Waals surface area contributed by atoms with Gasteiger partial charge in [0.2, 0.25) is 11.8 Å². The lowest BCUT2D eigenvalue weighted by Crippen LogP contribution is -2.59. The third kappa shape index (κ3) is 21.8. The molecular weight excluding hydrogens is 1110 g/mol. The van der Waals surface area contributed by atoms with Crippen LogP contribution < -0.4 is 10.6 Å². The van der Waals surface area contributed by atoms with Crippen molar-refractivity contribution in [3.05, 3.63) is 11.4 Å². The SMILES string of the molecule is CCSC(=S)SC(C)(CC(C)(CC(C)(C#N)CCC(=O)OCCn1nnc2c1CCC1C(CC2)C1COC(=O)CCCOCCSSCCOC(=O)CC)C(=O)NCCOC1OC(CO)C(O)C(O)C1O)C(=O)NCC(C)O. The zero-order valence-corrected chi connectivity index (χ0v) is 49.8. The van der Waals surface area contributed by atoms with Gasteiger partial charge < -0.3 is 64.6 Å². The summed E-state index contributed by atoms with van der Waals surface area (Å²) < 4.78 is 33.9. The second kappa shape index (κ2) is 33.9. The fourth-order valence-electron chi connectivity index (χ4n) is 9.82. The summed E-state index contributed by atoms with van der Waals surface area (Å²) in [6.07, 6.45) is -4.34. The van der Waals surface area contributed by atoms with E-state index < -0.39 is 76.8 Å². The van der Waals surface area contributed by atoms with E-state index in [9.17, 15) is 54.8 Å². The van der Waals surface area contributed by atoms with Gasteiger partial charge in [0.15, 0.2) is 6.29 Å². The number of aryl methyl sites for hydroxylation is 1. The van der Waals surface area contributed by atoms with Crippen LogP contribution in [-0.2, 0) is 71.8 Å². The van der Waals surface area contributed by atoms with E-state index in [2.05, 4.69) is 27.0 Å². The summed E-state index contributed by atoms with van der Waals surface area (Å²) in [7, 11) is 3.28. The van der Waals surface area contributed by atoms with Gasteiger partial charge in [-0.15, -0.1) is 16.9 Å². The zero-order chi connectivity index (χ0) is 57.5. The molecule has 12 unspecified atom stereocenters. The van der Waals surface area contributed by atoms with Gasteiger partial charge in [-0.05, 0) is 95.6 Å². The lowest BCUT2D eigenvalue weighted by Gasteiger charge is -2.41. The Balaban J connectivity index is 1.27. The first-order chi connectivity index (χ1) is 37.1. The summed E-state index contributed by atoms with van der Waals surface area (Å²) in [4.78, 5) is 65.5. The number of carbonyl (C=O) groups excluding carboxylic acids is 5. The maximum Gasteiger partial charge on any atom is 0.305 e. The highest BCUT2D eigenvalue weighted by Gasteiger charge is 2.51. The van der Waals surface area contributed by atoms with Gasteiger partial charge in [-0.1, -0.05) is 71.6 Å². The van der Waals surface area contributed by atoms with E-state index in [1.807, 2.05) is 6.92 Å². The zero-order valence-electron chi connectivity index (χ0n) is 45.7. The van der Waals surface area contributed by atoms with Gasteiger partial charge in [0.25, 0.3) is 0 Å². The number of amides is 2. The Morgan fingerprint density at radius 1 is 0.885 bits per heavy atom. The molecule has 1 aromatic heterocycles. The molecule has 0 aromatic carbocycles. The van der Waals surface area contributed by atoms with E-state index in [0.29, 0.717) is 72.7 Å². The number of nitrogens with one attached hydrogen (secondary N) is 2. The molecule has 2 amide bonds. The molecule has 1 saturated heterocycles. The Morgan fingerprint density at radius 3 is 2.26 bits per heavy atom.